The zero-order valence-corrected chi connectivity index (χ0v) is 20.2. The Labute approximate surface area is 201 Å². The Hall–Kier alpha value is -1.40. The predicted octanol–water partition coefficient (Wildman–Crippen LogP) is 8.12. The molecule has 0 atom stereocenters. The number of halogens is 4. The molecule has 2 nitrogen and oxygen atoms in total. The van der Waals surface area contributed by atoms with Crippen LogP contribution in [0.25, 0.3) is 0 Å². The Bertz CT molecular complexity index is 780. The molecule has 0 N–H and O–H groups in total. The van der Waals surface area contributed by atoms with Gasteiger partial charge in [0, 0.05) is 17.8 Å². The van der Waals surface area contributed by atoms with Crippen LogP contribution in [0.5, 0.6) is 0 Å². The molecule has 1 saturated heterocycles. The Kier molecular flexibility index (Phi) is 8.73. The summed E-state index contributed by atoms with van der Waals surface area (Å²) in [5.74, 6) is 0.503. The molecule has 0 unspecified atom stereocenters. The van der Waals surface area contributed by atoms with Crippen molar-refractivity contribution in [1.29, 1.82) is 0 Å². The summed E-state index contributed by atoms with van der Waals surface area (Å²) in [4.78, 5) is 0. The van der Waals surface area contributed by atoms with Gasteiger partial charge < -0.3 is 9.47 Å². The van der Waals surface area contributed by atoms with Gasteiger partial charge in [0.1, 0.15) is 5.83 Å². The van der Waals surface area contributed by atoms with Crippen molar-refractivity contribution >= 4 is 0 Å². The van der Waals surface area contributed by atoms with E-state index in [1.54, 1.807) is 0 Å². The fraction of sp³-hybridized carbons (Fsp3) is 0.714. The van der Waals surface area contributed by atoms with Crippen molar-refractivity contribution in [3.63, 3.8) is 0 Å². The molecule has 1 heterocycles. The molecule has 0 aromatic heterocycles. The van der Waals surface area contributed by atoms with E-state index in [0.717, 1.165) is 38.4 Å². The van der Waals surface area contributed by atoms with Crippen molar-refractivity contribution in [2.45, 2.75) is 89.5 Å². The van der Waals surface area contributed by atoms with Gasteiger partial charge in [-0.05, 0) is 87.2 Å². The van der Waals surface area contributed by atoms with Crippen molar-refractivity contribution < 1.29 is 27.0 Å². The van der Waals surface area contributed by atoms with Crippen LogP contribution in [0.4, 0.5) is 17.6 Å². The van der Waals surface area contributed by atoms with Crippen molar-refractivity contribution in [2.75, 3.05) is 13.2 Å². The molecule has 2 aliphatic carbocycles. The van der Waals surface area contributed by atoms with E-state index in [-0.39, 0.29) is 12.4 Å². The van der Waals surface area contributed by atoms with E-state index in [1.165, 1.54) is 43.2 Å². The Balaban J connectivity index is 1.18. The third-order valence-corrected chi connectivity index (χ3v) is 8.08. The quantitative estimate of drug-likeness (QED) is 0.381. The van der Waals surface area contributed by atoms with Crippen LogP contribution in [0.1, 0.15) is 81.8 Å². The van der Waals surface area contributed by atoms with Crippen LogP contribution in [0.15, 0.2) is 36.2 Å². The average Bonchev–Trinajstić information content (AvgIpc) is 2.83. The van der Waals surface area contributed by atoms with Gasteiger partial charge in [0.15, 0.2) is 6.29 Å². The van der Waals surface area contributed by atoms with Gasteiger partial charge in [-0.3, -0.25) is 0 Å². The number of allylic oxidation sites excluding steroid dienone is 2. The first kappa shape index (κ1) is 25.7. The molecule has 6 heteroatoms. The van der Waals surface area contributed by atoms with E-state index < -0.39 is 17.9 Å². The molecule has 2 saturated carbocycles. The molecule has 4 rings (SSSR count). The van der Waals surface area contributed by atoms with Crippen molar-refractivity contribution in [1.82, 2.24) is 0 Å². The number of hydrogen-bond acceptors (Lipinski definition) is 2. The molecule has 0 bridgehead atoms. The summed E-state index contributed by atoms with van der Waals surface area (Å²) >= 11 is 0. The van der Waals surface area contributed by atoms with E-state index in [4.69, 9.17) is 9.47 Å². The average molecular weight is 483 g/mol. The van der Waals surface area contributed by atoms with Gasteiger partial charge >= 0.3 is 6.18 Å². The Morgan fingerprint density at radius 3 is 2.12 bits per heavy atom. The number of hydrogen-bond donors (Lipinski definition) is 0. The van der Waals surface area contributed by atoms with Crippen LogP contribution in [0.3, 0.4) is 0 Å². The van der Waals surface area contributed by atoms with Gasteiger partial charge in [-0.1, -0.05) is 31.2 Å². The van der Waals surface area contributed by atoms with Crippen LogP contribution in [-0.4, -0.2) is 25.7 Å². The maximum absolute atomic E-state index is 13.9. The lowest BCUT2D eigenvalue weighted by Crippen LogP contribution is -2.37. The zero-order chi connectivity index (χ0) is 24.1. The van der Waals surface area contributed by atoms with Gasteiger partial charge in [-0.15, -0.1) is 0 Å². The Morgan fingerprint density at radius 1 is 0.912 bits per heavy atom. The lowest BCUT2D eigenvalue weighted by Gasteiger charge is -2.37. The second-order valence-electron chi connectivity index (χ2n) is 10.8. The summed E-state index contributed by atoms with van der Waals surface area (Å²) in [7, 11) is 0. The minimum Gasteiger partial charge on any atom is -0.352 e. The van der Waals surface area contributed by atoms with E-state index in [1.807, 2.05) is 0 Å². The molecule has 0 radical (unpaired) electrons. The molecule has 3 fully saturated rings. The first-order valence-corrected chi connectivity index (χ1v) is 13.0. The third kappa shape index (κ3) is 7.30. The van der Waals surface area contributed by atoms with Crippen LogP contribution >= 0.6 is 0 Å². The molecule has 1 aliphatic heterocycles. The minimum absolute atomic E-state index is 0.00286. The fourth-order valence-corrected chi connectivity index (χ4v) is 5.94. The minimum atomic E-state index is -4.58. The number of aryl methyl sites for hydroxylation is 1. The summed E-state index contributed by atoms with van der Waals surface area (Å²) in [6.45, 7) is 3.79. The normalized spacial score (nSPS) is 33.6. The highest BCUT2D eigenvalue weighted by Crippen LogP contribution is 2.40. The smallest absolute Gasteiger partial charge is 0.352 e. The first-order chi connectivity index (χ1) is 16.3. The largest absolute Gasteiger partial charge is 0.412 e. The summed E-state index contributed by atoms with van der Waals surface area (Å²) in [6.07, 6.45) is 4.80. The van der Waals surface area contributed by atoms with Crippen molar-refractivity contribution in [2.24, 2.45) is 23.7 Å². The molecule has 1 aromatic carbocycles. The first-order valence-electron chi connectivity index (χ1n) is 13.0. The van der Waals surface area contributed by atoms with E-state index in [2.05, 4.69) is 31.2 Å². The van der Waals surface area contributed by atoms with E-state index in [9.17, 15) is 17.6 Å². The van der Waals surface area contributed by atoms with E-state index in [0.29, 0.717) is 30.6 Å². The van der Waals surface area contributed by atoms with Crippen molar-refractivity contribution in [3.05, 3.63) is 47.3 Å². The SMILES string of the molecule is CC1COC(C2CCC(CCc3ccc(C4CCC(/C(F)=C/C(F)(F)F)CC4)cc3)CC2)OC1. The summed E-state index contributed by atoms with van der Waals surface area (Å²) in [5.41, 5.74) is 2.57. The zero-order valence-electron chi connectivity index (χ0n) is 20.2. The van der Waals surface area contributed by atoms with Gasteiger partial charge in [-0.25, -0.2) is 4.39 Å². The van der Waals surface area contributed by atoms with Crippen molar-refractivity contribution in [3.8, 4) is 0 Å². The second-order valence-corrected chi connectivity index (χ2v) is 10.8. The van der Waals surface area contributed by atoms with Crippen LogP contribution in [0, 0.1) is 23.7 Å². The molecule has 0 amide bonds. The second kappa shape index (κ2) is 11.6. The number of ether oxygens (including phenoxy) is 2. The Morgan fingerprint density at radius 2 is 1.53 bits per heavy atom. The summed E-state index contributed by atoms with van der Waals surface area (Å²) < 4.78 is 62.9. The molecular weight excluding hydrogens is 444 g/mol. The molecule has 1 aromatic rings. The number of benzene rings is 1. The van der Waals surface area contributed by atoms with Gasteiger partial charge in [0.2, 0.25) is 0 Å². The predicted molar refractivity (Wildman–Crippen MR) is 125 cm³/mol. The van der Waals surface area contributed by atoms with Crippen LogP contribution in [-0.2, 0) is 15.9 Å². The van der Waals surface area contributed by atoms with Crippen LogP contribution in [0.2, 0.25) is 0 Å². The maximum Gasteiger partial charge on any atom is 0.412 e. The highest BCUT2D eigenvalue weighted by Gasteiger charge is 2.32. The van der Waals surface area contributed by atoms with Gasteiger partial charge in [0.05, 0.1) is 19.3 Å². The highest BCUT2D eigenvalue weighted by atomic mass is 19.4. The molecule has 34 heavy (non-hydrogen) atoms. The topological polar surface area (TPSA) is 18.5 Å². The molecular formula is C28H38F4O2. The van der Waals surface area contributed by atoms with Gasteiger partial charge in [0.25, 0.3) is 0 Å². The van der Waals surface area contributed by atoms with E-state index >= 15 is 0 Å². The lowest BCUT2D eigenvalue weighted by molar-refractivity contribution is -0.226. The standard InChI is InChI=1S/C28H38F4O2/c1-19-17-33-27(34-18-19)25-10-6-21(7-11-25)3-2-20-4-8-22(9-5-20)23-12-14-24(15-13-23)26(29)16-28(30,31)32/h4-5,8-9,16,19,21,23-25,27H,2-3,6-7,10-15,17-18H2,1H3/b26-16-. The van der Waals surface area contributed by atoms with Gasteiger partial charge in [-0.2, -0.15) is 13.2 Å². The maximum atomic E-state index is 13.9. The molecule has 3 aliphatic rings. The van der Waals surface area contributed by atoms with Crippen LogP contribution < -0.4 is 0 Å². The lowest BCUT2D eigenvalue weighted by atomic mass is 9.77. The molecule has 190 valence electrons. The summed E-state index contributed by atoms with van der Waals surface area (Å²) in [6, 6.07) is 8.72. The monoisotopic (exact) mass is 482 g/mol. The highest BCUT2D eigenvalue weighted by molar-refractivity contribution is 5.26. The molecule has 0 spiro atoms. The fourth-order valence-electron chi connectivity index (χ4n) is 5.94. The third-order valence-electron chi connectivity index (χ3n) is 8.08. The number of rotatable bonds is 6. The number of alkyl halides is 3. The summed E-state index contributed by atoms with van der Waals surface area (Å²) in [5, 5.41) is 0.